The van der Waals surface area contributed by atoms with Crippen LogP contribution in [0.15, 0.2) is 48.5 Å². The summed E-state index contributed by atoms with van der Waals surface area (Å²) in [6.45, 7) is 0. The second-order valence-corrected chi connectivity index (χ2v) is 10.1. The normalized spacial score (nSPS) is 32.2. The van der Waals surface area contributed by atoms with Gasteiger partial charge in [-0.25, -0.2) is 0 Å². The standard InChI is InChI=1S/C27H32N2O/c30-27(28-21-9-5-2-6-10-21)20-13-14-23-22(16-20)24-18-11-12-19(15-18)25(24)26(29-23)17-7-3-1-4-8-17/h1,3-4,7-8,13-14,16,18-19,21,24-26,29H,2,5-6,9-12,15H2,(H,28,30)/t18-,19-,24-,25+,26+/m0/s1. The van der Waals surface area contributed by atoms with E-state index in [0.717, 1.165) is 30.2 Å². The van der Waals surface area contributed by atoms with Gasteiger partial charge in [0.2, 0.25) is 0 Å². The van der Waals surface area contributed by atoms with Gasteiger partial charge in [-0.3, -0.25) is 4.79 Å². The van der Waals surface area contributed by atoms with Gasteiger partial charge in [-0.15, -0.1) is 0 Å². The third-order valence-corrected chi connectivity index (χ3v) is 8.45. The van der Waals surface area contributed by atoms with Crippen LogP contribution in [0.3, 0.4) is 0 Å². The minimum Gasteiger partial charge on any atom is -0.378 e. The molecule has 1 heterocycles. The number of hydrogen-bond acceptors (Lipinski definition) is 2. The lowest BCUT2D eigenvalue weighted by Crippen LogP contribution is -2.37. The lowest BCUT2D eigenvalue weighted by molar-refractivity contribution is 0.0927. The maximum Gasteiger partial charge on any atom is 0.251 e. The third kappa shape index (κ3) is 3.05. The van der Waals surface area contributed by atoms with Crippen molar-refractivity contribution < 1.29 is 4.79 Å². The highest BCUT2D eigenvalue weighted by Crippen LogP contribution is 2.63. The first-order valence-corrected chi connectivity index (χ1v) is 12.0. The molecule has 0 radical (unpaired) electrons. The fourth-order valence-corrected chi connectivity index (χ4v) is 7.13. The van der Waals surface area contributed by atoms with Crippen molar-refractivity contribution in [3.8, 4) is 0 Å². The lowest BCUT2D eigenvalue weighted by atomic mass is 9.68. The Morgan fingerprint density at radius 1 is 0.900 bits per heavy atom. The molecule has 156 valence electrons. The van der Waals surface area contributed by atoms with Gasteiger partial charge >= 0.3 is 0 Å². The minimum absolute atomic E-state index is 0.120. The first-order valence-electron chi connectivity index (χ1n) is 12.0. The van der Waals surface area contributed by atoms with Crippen molar-refractivity contribution >= 4 is 11.6 Å². The van der Waals surface area contributed by atoms with Crippen LogP contribution in [-0.4, -0.2) is 11.9 Å². The summed E-state index contributed by atoms with van der Waals surface area (Å²) in [5, 5.41) is 7.20. The Morgan fingerprint density at radius 3 is 2.53 bits per heavy atom. The van der Waals surface area contributed by atoms with E-state index < -0.39 is 0 Å². The van der Waals surface area contributed by atoms with E-state index in [1.54, 1.807) is 0 Å². The number of benzene rings is 2. The quantitative estimate of drug-likeness (QED) is 0.659. The van der Waals surface area contributed by atoms with Gasteiger partial charge in [0.25, 0.3) is 5.91 Å². The number of fused-ring (bicyclic) bond motifs is 7. The van der Waals surface area contributed by atoms with Crippen molar-refractivity contribution in [2.45, 2.75) is 69.4 Å². The van der Waals surface area contributed by atoms with Crippen LogP contribution in [0.2, 0.25) is 0 Å². The van der Waals surface area contributed by atoms with Crippen LogP contribution in [0.4, 0.5) is 5.69 Å². The second kappa shape index (κ2) is 7.44. The summed E-state index contributed by atoms with van der Waals surface area (Å²) in [4.78, 5) is 13.0. The molecule has 2 aromatic rings. The zero-order valence-electron chi connectivity index (χ0n) is 17.6. The summed E-state index contributed by atoms with van der Waals surface area (Å²) >= 11 is 0. The van der Waals surface area contributed by atoms with E-state index in [9.17, 15) is 4.79 Å². The number of amides is 1. The summed E-state index contributed by atoms with van der Waals surface area (Å²) in [7, 11) is 0. The molecule has 5 atom stereocenters. The van der Waals surface area contributed by atoms with Crippen molar-refractivity contribution in [1.82, 2.24) is 5.32 Å². The van der Waals surface area contributed by atoms with Gasteiger partial charge in [0.1, 0.15) is 0 Å². The average molecular weight is 401 g/mol. The van der Waals surface area contributed by atoms with E-state index in [0.29, 0.717) is 23.9 Å². The molecule has 3 heteroatoms. The van der Waals surface area contributed by atoms with E-state index in [1.807, 2.05) is 6.07 Å². The van der Waals surface area contributed by atoms with E-state index in [2.05, 4.69) is 53.1 Å². The van der Waals surface area contributed by atoms with Gasteiger partial charge in [0.15, 0.2) is 0 Å². The lowest BCUT2D eigenvalue weighted by Gasteiger charge is -2.43. The predicted molar refractivity (Wildman–Crippen MR) is 121 cm³/mol. The third-order valence-electron chi connectivity index (χ3n) is 8.45. The first-order chi connectivity index (χ1) is 14.8. The van der Waals surface area contributed by atoms with Crippen LogP contribution < -0.4 is 10.6 Å². The number of carbonyl (C=O) groups is 1. The Hall–Kier alpha value is -2.29. The summed E-state index contributed by atoms with van der Waals surface area (Å²) in [6, 6.07) is 18.1. The fourth-order valence-electron chi connectivity index (χ4n) is 7.13. The highest BCUT2D eigenvalue weighted by molar-refractivity contribution is 5.95. The molecule has 1 amide bonds. The molecule has 3 fully saturated rings. The molecule has 0 spiro atoms. The maximum absolute atomic E-state index is 13.0. The van der Waals surface area contributed by atoms with E-state index >= 15 is 0 Å². The highest BCUT2D eigenvalue weighted by Gasteiger charge is 2.53. The summed E-state index contributed by atoms with van der Waals surface area (Å²) < 4.78 is 0. The van der Waals surface area contributed by atoms with Crippen LogP contribution in [0.5, 0.6) is 0 Å². The Bertz CT molecular complexity index is 933. The molecular weight excluding hydrogens is 368 g/mol. The summed E-state index contributed by atoms with van der Waals surface area (Å²) in [5.74, 6) is 2.95. The van der Waals surface area contributed by atoms with Crippen molar-refractivity contribution in [2.75, 3.05) is 5.32 Å². The van der Waals surface area contributed by atoms with E-state index in [-0.39, 0.29) is 5.91 Å². The van der Waals surface area contributed by atoms with E-state index in [1.165, 1.54) is 55.3 Å². The van der Waals surface area contributed by atoms with Gasteiger partial charge < -0.3 is 10.6 Å². The molecule has 3 nitrogen and oxygen atoms in total. The topological polar surface area (TPSA) is 41.1 Å². The molecule has 2 bridgehead atoms. The van der Waals surface area contributed by atoms with Gasteiger partial charge in [0.05, 0.1) is 6.04 Å². The first kappa shape index (κ1) is 18.5. The minimum atomic E-state index is 0.120. The van der Waals surface area contributed by atoms with Crippen LogP contribution in [0, 0.1) is 17.8 Å². The predicted octanol–water partition coefficient (Wildman–Crippen LogP) is 6.05. The van der Waals surface area contributed by atoms with Crippen molar-refractivity contribution in [2.24, 2.45) is 17.8 Å². The maximum atomic E-state index is 13.0. The Morgan fingerprint density at radius 2 is 1.70 bits per heavy atom. The number of rotatable bonds is 3. The monoisotopic (exact) mass is 400 g/mol. The van der Waals surface area contributed by atoms with E-state index in [4.69, 9.17) is 0 Å². The van der Waals surface area contributed by atoms with Gasteiger partial charge in [-0.1, -0.05) is 49.6 Å². The molecule has 2 aromatic carbocycles. The molecule has 0 aromatic heterocycles. The van der Waals surface area contributed by atoms with Gasteiger partial charge in [-0.2, -0.15) is 0 Å². The average Bonchev–Trinajstić information content (AvgIpc) is 3.42. The van der Waals surface area contributed by atoms with Crippen molar-refractivity contribution in [3.05, 3.63) is 65.2 Å². The van der Waals surface area contributed by atoms with Crippen molar-refractivity contribution in [1.29, 1.82) is 0 Å². The summed E-state index contributed by atoms with van der Waals surface area (Å²) in [5.41, 5.74) is 4.90. The molecule has 0 unspecified atom stereocenters. The largest absolute Gasteiger partial charge is 0.378 e. The Kier molecular flexibility index (Phi) is 4.58. The number of hydrogen-bond donors (Lipinski definition) is 2. The zero-order valence-corrected chi connectivity index (χ0v) is 17.6. The molecule has 0 saturated heterocycles. The number of nitrogens with one attached hydrogen (secondary N) is 2. The Labute approximate surface area is 179 Å². The van der Waals surface area contributed by atoms with Crippen LogP contribution in [0.1, 0.15) is 84.8 Å². The Balaban J connectivity index is 1.32. The SMILES string of the molecule is O=C(NC1CCCCC1)c1ccc2c(c1)[C@@H]1[C@H]3CC[C@@H](C3)[C@H]1[C@@H](c1ccccc1)N2. The zero-order chi connectivity index (χ0) is 20.1. The van der Waals surface area contributed by atoms with Crippen LogP contribution in [0.25, 0.3) is 0 Å². The number of anilines is 1. The summed E-state index contributed by atoms with van der Waals surface area (Å²) in [6.07, 6.45) is 10.1. The highest BCUT2D eigenvalue weighted by atomic mass is 16.1. The van der Waals surface area contributed by atoms with Gasteiger partial charge in [-0.05, 0) is 85.1 Å². The molecule has 3 aliphatic carbocycles. The molecule has 1 aliphatic heterocycles. The van der Waals surface area contributed by atoms with Crippen molar-refractivity contribution in [3.63, 3.8) is 0 Å². The number of carbonyl (C=O) groups excluding carboxylic acids is 1. The molecule has 3 saturated carbocycles. The molecular formula is C27H32N2O. The smallest absolute Gasteiger partial charge is 0.251 e. The van der Waals surface area contributed by atoms with Crippen LogP contribution >= 0.6 is 0 Å². The fraction of sp³-hybridized carbons (Fsp3) is 0.519. The van der Waals surface area contributed by atoms with Crippen LogP contribution in [-0.2, 0) is 0 Å². The second-order valence-electron chi connectivity index (χ2n) is 10.1. The molecule has 6 rings (SSSR count). The molecule has 30 heavy (non-hydrogen) atoms. The van der Waals surface area contributed by atoms with Gasteiger partial charge in [0, 0.05) is 17.3 Å². The molecule has 2 N–H and O–H groups in total. The molecule has 4 aliphatic rings.